The van der Waals surface area contributed by atoms with E-state index in [0.717, 1.165) is 4.88 Å². The van der Waals surface area contributed by atoms with Crippen molar-refractivity contribution in [3.63, 3.8) is 0 Å². The summed E-state index contributed by atoms with van der Waals surface area (Å²) in [6.45, 7) is 1.60. The number of ketones is 1. The van der Waals surface area contributed by atoms with Crippen molar-refractivity contribution in [2.75, 3.05) is 13.2 Å². The molecule has 162 valence electrons. The van der Waals surface area contributed by atoms with Crippen LogP contribution in [0, 0.1) is 0 Å². The van der Waals surface area contributed by atoms with Crippen LogP contribution in [0.5, 0.6) is 0 Å². The van der Waals surface area contributed by atoms with Crippen LogP contribution in [0.2, 0.25) is 0 Å². The van der Waals surface area contributed by atoms with E-state index in [0.29, 0.717) is 45.8 Å². The summed E-state index contributed by atoms with van der Waals surface area (Å²) in [5.41, 5.74) is 1.45. The summed E-state index contributed by atoms with van der Waals surface area (Å²) in [5.74, 6) is -0.444. The number of hydrogen-bond acceptors (Lipinski definition) is 7. The highest BCUT2D eigenvalue weighted by Gasteiger charge is 2.18. The molecule has 0 atom stereocenters. The lowest BCUT2D eigenvalue weighted by molar-refractivity contribution is -0.118. The van der Waals surface area contributed by atoms with Gasteiger partial charge in [-0.25, -0.2) is 9.78 Å². The summed E-state index contributed by atoms with van der Waals surface area (Å²) in [4.78, 5) is 42.4. The number of furan rings is 1. The molecule has 4 rings (SSSR count). The minimum atomic E-state index is -0.604. The summed E-state index contributed by atoms with van der Waals surface area (Å²) in [6, 6.07) is 15.9. The van der Waals surface area contributed by atoms with E-state index in [2.05, 4.69) is 10.3 Å². The second-order valence-corrected chi connectivity index (χ2v) is 8.22. The van der Waals surface area contributed by atoms with E-state index in [-0.39, 0.29) is 18.3 Å². The molecule has 4 aromatic rings. The van der Waals surface area contributed by atoms with Gasteiger partial charge in [0.1, 0.15) is 5.69 Å². The fourth-order valence-corrected chi connectivity index (χ4v) is 4.13. The van der Waals surface area contributed by atoms with E-state index in [1.54, 1.807) is 36.4 Å². The zero-order valence-corrected chi connectivity index (χ0v) is 18.1. The van der Waals surface area contributed by atoms with Crippen molar-refractivity contribution in [1.82, 2.24) is 10.3 Å². The van der Waals surface area contributed by atoms with Gasteiger partial charge in [0.25, 0.3) is 0 Å². The van der Waals surface area contributed by atoms with Gasteiger partial charge in [0.2, 0.25) is 11.7 Å². The maximum Gasteiger partial charge on any atom is 0.339 e. The molecule has 32 heavy (non-hydrogen) atoms. The third kappa shape index (κ3) is 4.92. The van der Waals surface area contributed by atoms with Crippen molar-refractivity contribution in [2.45, 2.75) is 13.3 Å². The van der Waals surface area contributed by atoms with Gasteiger partial charge in [-0.2, -0.15) is 0 Å². The Bertz CT molecular complexity index is 1280. The van der Waals surface area contributed by atoms with Crippen LogP contribution in [0.25, 0.3) is 22.4 Å². The van der Waals surface area contributed by atoms with Gasteiger partial charge in [0, 0.05) is 23.7 Å². The molecule has 1 N–H and O–H groups in total. The van der Waals surface area contributed by atoms with Crippen LogP contribution < -0.4 is 5.32 Å². The number of nitrogens with zero attached hydrogens (tertiary/aromatic N) is 1. The quantitative estimate of drug-likeness (QED) is 0.319. The van der Waals surface area contributed by atoms with E-state index in [1.165, 1.54) is 24.5 Å². The van der Waals surface area contributed by atoms with Gasteiger partial charge in [-0.3, -0.25) is 9.59 Å². The SMILES string of the molecule is CC(=O)NCCc1ccc(C(=O)COC(=O)c2cc(-c3ccco3)nc3ccccc23)s1. The number of Topliss-reactive ketones (excluding diaryl/α,β-unsaturated/α-hetero) is 1. The number of fused-ring (bicyclic) bond motifs is 1. The Hall–Kier alpha value is -3.78. The summed E-state index contributed by atoms with van der Waals surface area (Å²) in [6.07, 6.45) is 2.17. The Kier molecular flexibility index (Phi) is 6.42. The zero-order valence-electron chi connectivity index (χ0n) is 17.3. The molecule has 3 aromatic heterocycles. The molecule has 8 heteroatoms. The van der Waals surface area contributed by atoms with Gasteiger partial charge in [-0.1, -0.05) is 18.2 Å². The summed E-state index contributed by atoms with van der Waals surface area (Å²) in [5, 5.41) is 3.36. The van der Waals surface area contributed by atoms with Crippen LogP contribution in [0.1, 0.15) is 31.8 Å². The van der Waals surface area contributed by atoms with Gasteiger partial charge < -0.3 is 14.5 Å². The Morgan fingerprint density at radius 3 is 2.72 bits per heavy atom. The average molecular weight is 449 g/mol. The third-order valence-electron chi connectivity index (χ3n) is 4.73. The minimum Gasteiger partial charge on any atom is -0.463 e. The molecule has 0 saturated carbocycles. The molecule has 0 fully saturated rings. The molecule has 7 nitrogen and oxygen atoms in total. The van der Waals surface area contributed by atoms with Crippen LogP contribution in [-0.2, 0) is 16.0 Å². The highest BCUT2D eigenvalue weighted by molar-refractivity contribution is 7.14. The van der Waals surface area contributed by atoms with Crippen LogP contribution in [0.3, 0.4) is 0 Å². The highest BCUT2D eigenvalue weighted by atomic mass is 32.1. The Morgan fingerprint density at radius 2 is 1.94 bits per heavy atom. The number of benzene rings is 1. The molecule has 3 heterocycles. The van der Waals surface area contributed by atoms with Gasteiger partial charge in [0.05, 0.1) is 22.2 Å². The maximum absolute atomic E-state index is 12.9. The van der Waals surface area contributed by atoms with Gasteiger partial charge >= 0.3 is 5.97 Å². The highest BCUT2D eigenvalue weighted by Crippen LogP contribution is 2.26. The number of thiophene rings is 1. The normalized spacial score (nSPS) is 10.8. The van der Waals surface area contributed by atoms with Crippen molar-refractivity contribution in [3.8, 4) is 11.5 Å². The summed E-state index contributed by atoms with van der Waals surface area (Å²) < 4.78 is 10.8. The van der Waals surface area contributed by atoms with E-state index in [4.69, 9.17) is 9.15 Å². The van der Waals surface area contributed by atoms with Crippen molar-refractivity contribution in [1.29, 1.82) is 0 Å². The maximum atomic E-state index is 12.9. The molecule has 0 saturated heterocycles. The molecular formula is C24H20N2O5S. The van der Waals surface area contributed by atoms with Crippen molar-refractivity contribution in [2.24, 2.45) is 0 Å². The molecule has 1 amide bonds. The molecule has 1 aromatic carbocycles. The lowest BCUT2D eigenvalue weighted by Crippen LogP contribution is -2.22. The first-order chi connectivity index (χ1) is 15.5. The van der Waals surface area contributed by atoms with Crippen molar-refractivity contribution in [3.05, 3.63) is 76.2 Å². The lowest BCUT2D eigenvalue weighted by atomic mass is 10.1. The molecular weight excluding hydrogens is 428 g/mol. The molecule has 0 aliphatic rings. The van der Waals surface area contributed by atoms with Gasteiger partial charge in [-0.15, -0.1) is 11.3 Å². The smallest absolute Gasteiger partial charge is 0.339 e. The lowest BCUT2D eigenvalue weighted by Gasteiger charge is -2.08. The largest absolute Gasteiger partial charge is 0.463 e. The fourth-order valence-electron chi connectivity index (χ4n) is 3.20. The van der Waals surface area contributed by atoms with E-state index in [9.17, 15) is 14.4 Å². The molecule has 0 aliphatic heterocycles. The third-order valence-corrected chi connectivity index (χ3v) is 5.91. The topological polar surface area (TPSA) is 98.5 Å². The number of carbonyl (C=O) groups is 3. The van der Waals surface area contributed by atoms with Crippen LogP contribution >= 0.6 is 11.3 Å². The first kappa shape index (κ1) is 21.5. The van der Waals surface area contributed by atoms with Gasteiger partial charge in [-0.05, 0) is 42.8 Å². The molecule has 0 unspecified atom stereocenters. The number of para-hydroxylation sites is 1. The van der Waals surface area contributed by atoms with E-state index < -0.39 is 5.97 Å². The number of rotatable bonds is 8. The first-order valence-electron chi connectivity index (χ1n) is 9.98. The summed E-state index contributed by atoms with van der Waals surface area (Å²) >= 11 is 1.33. The zero-order chi connectivity index (χ0) is 22.5. The number of esters is 1. The Morgan fingerprint density at radius 1 is 1.09 bits per heavy atom. The van der Waals surface area contributed by atoms with Crippen molar-refractivity contribution < 1.29 is 23.5 Å². The van der Waals surface area contributed by atoms with E-state index >= 15 is 0 Å². The predicted octanol–water partition coefficient (Wildman–Crippen LogP) is 4.27. The standard InChI is InChI=1S/C24H20N2O5S/c1-15(27)25-11-10-16-8-9-23(32-16)21(28)14-31-24(29)18-13-20(22-7-4-12-30-22)26-19-6-3-2-5-17(18)19/h2-9,12-13H,10-11,14H2,1H3,(H,25,27). The monoisotopic (exact) mass is 448 g/mol. The molecule has 0 aliphatic carbocycles. The fraction of sp³-hybridized carbons (Fsp3) is 0.167. The van der Waals surface area contributed by atoms with Crippen molar-refractivity contribution >= 4 is 39.9 Å². The molecule has 0 bridgehead atoms. The number of nitrogens with one attached hydrogen (secondary N) is 1. The second kappa shape index (κ2) is 9.57. The van der Waals surface area contributed by atoms with Gasteiger partial charge in [0.15, 0.2) is 12.4 Å². The number of hydrogen-bond donors (Lipinski definition) is 1. The minimum absolute atomic E-state index is 0.0939. The number of amides is 1. The number of pyridine rings is 1. The predicted molar refractivity (Wildman–Crippen MR) is 121 cm³/mol. The number of aromatic nitrogens is 1. The molecule has 0 radical (unpaired) electrons. The summed E-state index contributed by atoms with van der Waals surface area (Å²) in [7, 11) is 0. The van der Waals surface area contributed by atoms with E-state index in [1.807, 2.05) is 18.2 Å². The molecule has 0 spiro atoms. The number of ether oxygens (including phenoxy) is 1. The van der Waals surface area contributed by atoms with Crippen LogP contribution in [0.15, 0.2) is 65.3 Å². The number of carbonyl (C=O) groups excluding carboxylic acids is 3. The second-order valence-electron chi connectivity index (χ2n) is 7.05. The van der Waals surface area contributed by atoms with Crippen LogP contribution in [-0.4, -0.2) is 35.8 Å². The average Bonchev–Trinajstić information content (AvgIpc) is 3.49. The Balaban J connectivity index is 1.47. The van der Waals surface area contributed by atoms with Crippen LogP contribution in [0.4, 0.5) is 0 Å². The Labute approximate surface area is 188 Å². The first-order valence-corrected chi connectivity index (χ1v) is 10.8.